The first-order valence-corrected chi connectivity index (χ1v) is 12.6. The van der Waals surface area contributed by atoms with E-state index in [1.54, 1.807) is 11.0 Å². The van der Waals surface area contributed by atoms with Crippen molar-refractivity contribution in [3.63, 3.8) is 0 Å². The monoisotopic (exact) mass is 502 g/mol. The molecule has 5 atom stereocenters. The predicted molar refractivity (Wildman–Crippen MR) is 137 cm³/mol. The third-order valence-electron chi connectivity index (χ3n) is 7.68. The molecule has 5 rings (SSSR count). The van der Waals surface area contributed by atoms with Crippen molar-refractivity contribution in [1.29, 1.82) is 0 Å². The number of aromatic nitrogens is 1. The van der Waals surface area contributed by atoms with Gasteiger partial charge in [0.05, 0.1) is 6.04 Å². The Kier molecular flexibility index (Phi) is 6.23. The number of carboxylic acid groups (broad SMARTS) is 1. The predicted octanol–water partition coefficient (Wildman–Crippen LogP) is 2.76. The van der Waals surface area contributed by atoms with Crippen molar-refractivity contribution in [2.45, 2.75) is 57.8 Å². The highest BCUT2D eigenvalue weighted by molar-refractivity contribution is 6.04. The average molecular weight is 503 g/mol. The van der Waals surface area contributed by atoms with Gasteiger partial charge in [-0.2, -0.15) is 0 Å². The minimum absolute atomic E-state index is 0.228. The molecule has 2 aromatic carbocycles. The van der Waals surface area contributed by atoms with Crippen molar-refractivity contribution < 1.29 is 24.3 Å². The van der Waals surface area contributed by atoms with Crippen molar-refractivity contribution in [3.8, 4) is 0 Å². The number of nitrogens with zero attached hydrogens (tertiary/aromatic N) is 1. The second-order valence-electron chi connectivity index (χ2n) is 9.93. The van der Waals surface area contributed by atoms with Crippen LogP contribution in [0, 0.1) is 5.92 Å². The van der Waals surface area contributed by atoms with Crippen LogP contribution in [0.3, 0.4) is 0 Å². The molecular formula is C28H30N4O5. The summed E-state index contributed by atoms with van der Waals surface area (Å²) in [5.41, 5.74) is 4.21. The fourth-order valence-electron chi connectivity index (χ4n) is 5.45. The fraction of sp³-hybridized carbons (Fsp3) is 0.357. The van der Waals surface area contributed by atoms with E-state index in [1.807, 2.05) is 56.3 Å². The largest absolute Gasteiger partial charge is 0.480 e. The van der Waals surface area contributed by atoms with Gasteiger partial charge >= 0.3 is 5.97 Å². The maximum absolute atomic E-state index is 13.8. The lowest BCUT2D eigenvalue weighted by atomic mass is 9.89. The van der Waals surface area contributed by atoms with Gasteiger partial charge in [0, 0.05) is 28.6 Å². The molecule has 0 spiro atoms. The summed E-state index contributed by atoms with van der Waals surface area (Å²) in [7, 11) is 0. The van der Waals surface area contributed by atoms with Gasteiger partial charge in [-0.1, -0.05) is 56.7 Å². The summed E-state index contributed by atoms with van der Waals surface area (Å²) in [6.45, 7) is 5.10. The van der Waals surface area contributed by atoms with Crippen LogP contribution in [0.4, 0.5) is 0 Å². The fourth-order valence-corrected chi connectivity index (χ4v) is 5.45. The molecule has 37 heavy (non-hydrogen) atoms. The highest BCUT2D eigenvalue weighted by Crippen LogP contribution is 2.46. The number of aromatic amines is 1. The molecule has 2 aliphatic heterocycles. The number of aliphatic carboxylic acids is 1. The summed E-state index contributed by atoms with van der Waals surface area (Å²) in [5.74, 6) is -2.64. The van der Waals surface area contributed by atoms with Crippen LogP contribution in [0.25, 0.3) is 10.9 Å². The highest BCUT2D eigenvalue weighted by Gasteiger charge is 2.49. The zero-order valence-electron chi connectivity index (χ0n) is 20.9. The van der Waals surface area contributed by atoms with E-state index in [0.717, 1.165) is 27.7 Å². The van der Waals surface area contributed by atoms with E-state index in [0.29, 0.717) is 18.4 Å². The Morgan fingerprint density at radius 3 is 2.51 bits per heavy atom. The van der Waals surface area contributed by atoms with Crippen LogP contribution in [-0.4, -0.2) is 56.8 Å². The summed E-state index contributed by atoms with van der Waals surface area (Å²) in [6, 6.07) is 11.9. The molecule has 0 bridgehead atoms. The molecule has 2 aliphatic rings. The molecule has 0 saturated carbocycles. The minimum atomic E-state index is -1.16. The number of carbonyl (C=O) groups is 4. The van der Waals surface area contributed by atoms with E-state index < -0.39 is 42.0 Å². The molecule has 3 amide bonds. The third kappa shape index (κ3) is 4.04. The van der Waals surface area contributed by atoms with Gasteiger partial charge in [-0.05, 0) is 36.1 Å². The van der Waals surface area contributed by atoms with Crippen molar-refractivity contribution >= 4 is 34.6 Å². The molecule has 0 aliphatic carbocycles. The van der Waals surface area contributed by atoms with Gasteiger partial charge in [0.25, 0.3) is 5.91 Å². The summed E-state index contributed by atoms with van der Waals surface area (Å²) in [6.07, 6.45) is 0.884. The first-order chi connectivity index (χ1) is 17.7. The second kappa shape index (κ2) is 9.38. The number of nitrogens with one attached hydrogen (secondary N) is 3. The lowest BCUT2D eigenvalue weighted by molar-refractivity contribution is -0.142. The van der Waals surface area contributed by atoms with E-state index in [4.69, 9.17) is 0 Å². The van der Waals surface area contributed by atoms with Crippen LogP contribution in [0.15, 0.2) is 48.5 Å². The van der Waals surface area contributed by atoms with Gasteiger partial charge < -0.3 is 25.6 Å². The van der Waals surface area contributed by atoms with Gasteiger partial charge in [-0.3, -0.25) is 19.2 Å². The van der Waals surface area contributed by atoms with E-state index in [9.17, 15) is 24.3 Å². The van der Waals surface area contributed by atoms with Crippen molar-refractivity contribution in [3.05, 3.63) is 70.9 Å². The molecule has 1 aromatic heterocycles. The number of para-hydroxylation sites is 1. The normalized spacial score (nSPS) is 20.4. The number of rotatable bonds is 7. The first kappa shape index (κ1) is 24.5. The molecule has 3 aromatic rings. The highest BCUT2D eigenvalue weighted by atomic mass is 16.4. The van der Waals surface area contributed by atoms with E-state index in [2.05, 4.69) is 15.6 Å². The molecule has 3 heterocycles. The summed E-state index contributed by atoms with van der Waals surface area (Å²) >= 11 is 0. The van der Waals surface area contributed by atoms with Crippen molar-refractivity contribution in [1.82, 2.24) is 20.5 Å². The average Bonchev–Trinajstić information content (AvgIpc) is 3.41. The molecular weight excluding hydrogens is 472 g/mol. The quantitative estimate of drug-likeness (QED) is 0.395. The number of benzene rings is 2. The first-order valence-electron chi connectivity index (χ1n) is 12.6. The lowest BCUT2D eigenvalue weighted by Crippen LogP contribution is -2.59. The Balaban J connectivity index is 1.53. The number of hydrogen-bond acceptors (Lipinski definition) is 4. The third-order valence-corrected chi connectivity index (χ3v) is 7.68. The maximum Gasteiger partial charge on any atom is 0.325 e. The topological polar surface area (TPSA) is 132 Å². The van der Waals surface area contributed by atoms with Gasteiger partial charge in [-0.15, -0.1) is 0 Å². The van der Waals surface area contributed by atoms with Crippen LogP contribution in [-0.2, 0) is 20.8 Å². The van der Waals surface area contributed by atoms with Crippen LogP contribution in [0.2, 0.25) is 0 Å². The Morgan fingerprint density at radius 2 is 1.78 bits per heavy atom. The van der Waals surface area contributed by atoms with Gasteiger partial charge in [-0.25, -0.2) is 0 Å². The molecule has 0 fully saturated rings. The molecule has 9 nitrogen and oxygen atoms in total. The number of fused-ring (bicyclic) bond motifs is 7. The molecule has 0 saturated heterocycles. The van der Waals surface area contributed by atoms with Crippen LogP contribution >= 0.6 is 0 Å². The number of carboxylic acids is 1. The lowest BCUT2D eigenvalue weighted by Gasteiger charge is -2.38. The molecule has 192 valence electrons. The standard InChI is InChI=1S/C28H30N4O5/c1-4-14(2)22(26(34)29-15(3)28(36)37)31-25(33)21-13-19-16-9-7-8-12-20(16)30-23(19)24-17-10-5-6-11-18(17)27(35)32(21)24/h5-12,14-15,21-22,24,30H,4,13H2,1-3H3,(H,29,34)(H,31,33)(H,36,37)/t14-,15-,21+,22+,24-/m1/s1. The number of H-pyrrole nitrogens is 1. The van der Waals surface area contributed by atoms with Crippen LogP contribution < -0.4 is 10.6 Å². The number of carbonyl (C=O) groups excluding carboxylic acids is 3. The summed E-state index contributed by atoms with van der Waals surface area (Å²) in [5, 5.41) is 15.6. The van der Waals surface area contributed by atoms with Crippen molar-refractivity contribution in [2.24, 2.45) is 5.92 Å². The Bertz CT molecular complexity index is 1410. The SMILES string of the molecule is CC[C@@H](C)[C@H](NC(=O)[C@@H]1Cc2c([nH]c3ccccc23)[C@H]2c3ccccc3C(=O)N21)C(=O)N[C@H](C)C(=O)O. The second-order valence-corrected chi connectivity index (χ2v) is 9.93. The zero-order chi connectivity index (χ0) is 26.4. The van der Waals surface area contributed by atoms with Crippen molar-refractivity contribution in [2.75, 3.05) is 0 Å². The van der Waals surface area contributed by atoms with Gasteiger partial charge in [0.15, 0.2) is 0 Å². The van der Waals surface area contributed by atoms with Crippen LogP contribution in [0.1, 0.15) is 60.4 Å². The maximum atomic E-state index is 13.8. The van der Waals surface area contributed by atoms with E-state index >= 15 is 0 Å². The van der Waals surface area contributed by atoms with E-state index in [-0.39, 0.29) is 11.8 Å². The Morgan fingerprint density at radius 1 is 1.08 bits per heavy atom. The molecule has 4 N–H and O–H groups in total. The minimum Gasteiger partial charge on any atom is -0.480 e. The number of hydrogen-bond donors (Lipinski definition) is 4. The summed E-state index contributed by atoms with van der Waals surface area (Å²) < 4.78 is 0. The van der Waals surface area contributed by atoms with E-state index in [1.165, 1.54) is 6.92 Å². The van der Waals surface area contributed by atoms with Crippen LogP contribution in [0.5, 0.6) is 0 Å². The smallest absolute Gasteiger partial charge is 0.325 e. The molecule has 0 unspecified atom stereocenters. The number of amides is 3. The zero-order valence-corrected chi connectivity index (χ0v) is 20.9. The Hall–Kier alpha value is -4.14. The van der Waals surface area contributed by atoms with Gasteiger partial charge in [0.2, 0.25) is 11.8 Å². The Labute approximate surface area is 214 Å². The molecule has 9 heteroatoms. The van der Waals surface area contributed by atoms with Gasteiger partial charge in [0.1, 0.15) is 18.1 Å². The molecule has 0 radical (unpaired) electrons. The summed E-state index contributed by atoms with van der Waals surface area (Å²) in [4.78, 5) is 56.8.